The van der Waals surface area contributed by atoms with E-state index in [2.05, 4.69) is 6.07 Å². The van der Waals surface area contributed by atoms with Crippen LogP contribution in [0.15, 0.2) is 0 Å². The molecule has 1 atom stereocenters. The number of nitrogens with zero attached hydrogens (tertiary/aromatic N) is 1. The molecule has 1 aliphatic rings. The molecule has 1 aliphatic heterocycles. The first-order chi connectivity index (χ1) is 4.83. The van der Waals surface area contributed by atoms with Gasteiger partial charge in [-0.2, -0.15) is 17.0 Å². The van der Waals surface area contributed by atoms with E-state index in [1.807, 2.05) is 11.8 Å². The van der Waals surface area contributed by atoms with Crippen LogP contribution in [-0.2, 0) is 0 Å². The van der Waals surface area contributed by atoms with Crippen LogP contribution in [0.2, 0.25) is 6.32 Å². The van der Waals surface area contributed by atoms with Crippen LogP contribution < -0.4 is 0 Å². The fraction of sp³-hybridized carbons (Fsp3) is 0.857. The average Bonchev–Trinajstić information content (AvgIpc) is 2.39. The van der Waals surface area contributed by atoms with Gasteiger partial charge in [0.15, 0.2) is 0 Å². The molecule has 0 N–H and O–H groups in total. The third kappa shape index (κ3) is 1.49. The van der Waals surface area contributed by atoms with Crippen LogP contribution in [-0.4, -0.2) is 18.3 Å². The lowest BCUT2D eigenvalue weighted by molar-refractivity contribution is 0.621. The van der Waals surface area contributed by atoms with Crippen molar-refractivity contribution < 1.29 is 0 Å². The number of thioether (sulfide) groups is 1. The maximum Gasteiger partial charge on any atom is 0.0672 e. The molecular weight excluding hydrogens is 141 g/mol. The Morgan fingerprint density at radius 2 is 2.50 bits per heavy atom. The minimum atomic E-state index is 0.120. The second-order valence-electron chi connectivity index (χ2n) is 2.67. The van der Waals surface area contributed by atoms with Crippen molar-refractivity contribution in [1.29, 1.82) is 5.26 Å². The van der Waals surface area contributed by atoms with Gasteiger partial charge in [0.25, 0.3) is 0 Å². The summed E-state index contributed by atoms with van der Waals surface area (Å²) >= 11 is 1.87. The van der Waals surface area contributed by atoms with Crippen molar-refractivity contribution in [3.63, 3.8) is 0 Å². The summed E-state index contributed by atoms with van der Waals surface area (Å²) in [6, 6.07) is 2.20. The van der Waals surface area contributed by atoms with Crippen molar-refractivity contribution in [2.75, 3.05) is 5.75 Å². The van der Waals surface area contributed by atoms with E-state index in [0.717, 1.165) is 6.42 Å². The molecule has 1 rings (SSSR count). The molecular formula is C7H10BNS. The van der Waals surface area contributed by atoms with Gasteiger partial charge in [0.1, 0.15) is 0 Å². The van der Waals surface area contributed by atoms with Gasteiger partial charge in [0.2, 0.25) is 0 Å². The Morgan fingerprint density at radius 1 is 1.70 bits per heavy atom. The van der Waals surface area contributed by atoms with E-state index in [9.17, 15) is 0 Å². The Morgan fingerprint density at radius 3 is 2.90 bits per heavy atom. The van der Waals surface area contributed by atoms with E-state index < -0.39 is 0 Å². The molecule has 0 spiro atoms. The highest BCUT2D eigenvalue weighted by molar-refractivity contribution is 8.01. The van der Waals surface area contributed by atoms with Crippen LogP contribution in [0.1, 0.15) is 19.3 Å². The van der Waals surface area contributed by atoms with Crippen LogP contribution in [0.5, 0.6) is 0 Å². The van der Waals surface area contributed by atoms with Crippen molar-refractivity contribution >= 4 is 19.6 Å². The van der Waals surface area contributed by atoms with Gasteiger partial charge in [0.05, 0.1) is 13.9 Å². The van der Waals surface area contributed by atoms with Crippen molar-refractivity contribution in [1.82, 2.24) is 0 Å². The number of hydrogen-bond acceptors (Lipinski definition) is 2. The number of rotatable bonds is 2. The largest absolute Gasteiger partial charge is 0.198 e. The highest BCUT2D eigenvalue weighted by atomic mass is 32.2. The predicted molar refractivity (Wildman–Crippen MR) is 45.2 cm³/mol. The first-order valence-electron chi connectivity index (χ1n) is 3.54. The summed E-state index contributed by atoms with van der Waals surface area (Å²) in [7, 11) is 5.58. The summed E-state index contributed by atoms with van der Waals surface area (Å²) in [5, 5.41) is 8.50. The average molecular weight is 151 g/mol. The standard InChI is InChI=1S/C7H10BNS/c8-6-7(3-4-9)2-1-5-10-7/h1-3,5-6H2. The molecule has 0 saturated carbocycles. The lowest BCUT2D eigenvalue weighted by atomic mass is 9.85. The molecule has 0 amide bonds. The van der Waals surface area contributed by atoms with Gasteiger partial charge < -0.3 is 0 Å². The molecule has 3 heteroatoms. The van der Waals surface area contributed by atoms with E-state index in [1.165, 1.54) is 12.2 Å². The summed E-state index contributed by atoms with van der Waals surface area (Å²) in [5.74, 6) is 1.18. The Kier molecular flexibility index (Phi) is 2.68. The summed E-state index contributed by atoms with van der Waals surface area (Å²) in [6.45, 7) is 0. The third-order valence-corrected chi connectivity index (χ3v) is 3.58. The first kappa shape index (κ1) is 8.01. The topological polar surface area (TPSA) is 23.8 Å². The van der Waals surface area contributed by atoms with Gasteiger partial charge in [-0.3, -0.25) is 0 Å². The zero-order valence-corrected chi connectivity index (χ0v) is 6.78. The fourth-order valence-electron chi connectivity index (χ4n) is 1.27. The van der Waals surface area contributed by atoms with E-state index in [4.69, 9.17) is 13.1 Å². The van der Waals surface area contributed by atoms with Crippen LogP contribution in [0, 0.1) is 11.3 Å². The third-order valence-electron chi connectivity index (χ3n) is 1.96. The Hall–Kier alpha value is -0.0951. The maximum absolute atomic E-state index is 8.50. The predicted octanol–water partition coefficient (Wildman–Crippen LogP) is 1.75. The second kappa shape index (κ2) is 3.34. The monoisotopic (exact) mass is 151 g/mol. The zero-order chi connectivity index (χ0) is 7.45. The van der Waals surface area contributed by atoms with E-state index in [-0.39, 0.29) is 4.75 Å². The summed E-state index contributed by atoms with van der Waals surface area (Å²) in [5.41, 5.74) is 0. The fourth-order valence-corrected chi connectivity index (χ4v) is 2.57. The van der Waals surface area contributed by atoms with Gasteiger partial charge in [-0.15, -0.1) is 0 Å². The normalized spacial score (nSPS) is 31.9. The van der Waals surface area contributed by atoms with E-state index in [1.54, 1.807) is 0 Å². The SMILES string of the molecule is [B]CC1(CC#N)CCCS1. The number of nitriles is 1. The van der Waals surface area contributed by atoms with Crippen LogP contribution in [0.4, 0.5) is 0 Å². The summed E-state index contributed by atoms with van der Waals surface area (Å²) < 4.78 is 0.120. The molecule has 52 valence electrons. The molecule has 1 fully saturated rings. The minimum Gasteiger partial charge on any atom is -0.198 e. The zero-order valence-electron chi connectivity index (χ0n) is 5.97. The highest BCUT2D eigenvalue weighted by Crippen LogP contribution is 2.42. The highest BCUT2D eigenvalue weighted by Gasteiger charge is 2.31. The lowest BCUT2D eigenvalue weighted by Gasteiger charge is -2.22. The van der Waals surface area contributed by atoms with Gasteiger partial charge in [-0.25, -0.2) is 0 Å². The van der Waals surface area contributed by atoms with Gasteiger partial charge in [-0.1, -0.05) is 6.32 Å². The molecule has 0 aromatic carbocycles. The molecule has 2 radical (unpaired) electrons. The van der Waals surface area contributed by atoms with Crippen LogP contribution >= 0.6 is 11.8 Å². The van der Waals surface area contributed by atoms with Crippen LogP contribution in [0.25, 0.3) is 0 Å². The molecule has 1 saturated heterocycles. The van der Waals surface area contributed by atoms with Crippen molar-refractivity contribution in [2.45, 2.75) is 30.3 Å². The molecule has 0 aromatic rings. The maximum atomic E-state index is 8.50. The Bertz CT molecular complexity index is 146. The Balaban J connectivity index is 2.51. The molecule has 1 unspecified atom stereocenters. The van der Waals surface area contributed by atoms with E-state index >= 15 is 0 Å². The second-order valence-corrected chi connectivity index (χ2v) is 4.24. The first-order valence-corrected chi connectivity index (χ1v) is 4.52. The molecule has 0 aromatic heterocycles. The smallest absolute Gasteiger partial charge is 0.0672 e. The summed E-state index contributed by atoms with van der Waals surface area (Å²) in [6.07, 6.45) is 3.63. The van der Waals surface area contributed by atoms with Gasteiger partial charge >= 0.3 is 0 Å². The van der Waals surface area contributed by atoms with Gasteiger partial charge in [0, 0.05) is 11.2 Å². The quantitative estimate of drug-likeness (QED) is 0.561. The van der Waals surface area contributed by atoms with Crippen molar-refractivity contribution in [2.24, 2.45) is 0 Å². The molecule has 1 heterocycles. The number of hydrogen-bond donors (Lipinski definition) is 0. The molecule has 0 aliphatic carbocycles. The Labute approximate surface area is 67.6 Å². The molecule has 1 nitrogen and oxygen atoms in total. The minimum absolute atomic E-state index is 0.120. The van der Waals surface area contributed by atoms with E-state index in [0.29, 0.717) is 12.7 Å². The van der Waals surface area contributed by atoms with Crippen molar-refractivity contribution in [3.8, 4) is 6.07 Å². The lowest BCUT2D eigenvalue weighted by Crippen LogP contribution is -2.18. The summed E-state index contributed by atoms with van der Waals surface area (Å²) in [4.78, 5) is 0. The van der Waals surface area contributed by atoms with Crippen LogP contribution in [0.3, 0.4) is 0 Å². The molecule has 10 heavy (non-hydrogen) atoms. The van der Waals surface area contributed by atoms with Crippen molar-refractivity contribution in [3.05, 3.63) is 0 Å². The van der Waals surface area contributed by atoms with Gasteiger partial charge in [-0.05, 0) is 18.6 Å². The molecule has 0 bridgehead atoms.